The van der Waals surface area contributed by atoms with E-state index in [4.69, 9.17) is 22.7 Å². The number of hydrogen-bond acceptors (Lipinski definition) is 4. The molecule has 0 saturated carbocycles. The molecule has 1 aliphatic heterocycles. The fourth-order valence-electron chi connectivity index (χ4n) is 2.10. The molecule has 0 radical (unpaired) electrons. The molecule has 0 bridgehead atoms. The summed E-state index contributed by atoms with van der Waals surface area (Å²) in [5.41, 5.74) is 5.12. The zero-order chi connectivity index (χ0) is 13.8. The van der Waals surface area contributed by atoms with Gasteiger partial charge < -0.3 is 20.3 Å². The Labute approximate surface area is 114 Å². The Balaban J connectivity index is 2.73. The Morgan fingerprint density at radius 2 is 1.83 bits per heavy atom. The van der Waals surface area contributed by atoms with Gasteiger partial charge >= 0.3 is 0 Å². The van der Waals surface area contributed by atoms with Crippen LogP contribution in [-0.4, -0.2) is 68.1 Å². The summed E-state index contributed by atoms with van der Waals surface area (Å²) in [7, 11) is 5.77. The second-order valence-corrected chi connectivity index (χ2v) is 5.53. The first-order valence-corrected chi connectivity index (χ1v) is 6.59. The van der Waals surface area contributed by atoms with Crippen molar-refractivity contribution in [3.05, 3.63) is 0 Å². The van der Waals surface area contributed by atoms with E-state index < -0.39 is 5.41 Å². The lowest BCUT2D eigenvalue weighted by atomic mass is 9.78. The van der Waals surface area contributed by atoms with Crippen LogP contribution < -0.4 is 5.73 Å². The van der Waals surface area contributed by atoms with E-state index in [1.165, 1.54) is 0 Å². The van der Waals surface area contributed by atoms with Gasteiger partial charge in [0.15, 0.2) is 0 Å². The van der Waals surface area contributed by atoms with Crippen molar-refractivity contribution >= 4 is 23.1 Å². The highest BCUT2D eigenvalue weighted by Crippen LogP contribution is 2.32. The maximum absolute atomic E-state index is 12.6. The van der Waals surface area contributed by atoms with E-state index in [2.05, 4.69) is 0 Å². The summed E-state index contributed by atoms with van der Waals surface area (Å²) in [6, 6.07) is 0. The number of hydrogen-bond donors (Lipinski definition) is 1. The van der Waals surface area contributed by atoms with Crippen molar-refractivity contribution in [2.45, 2.75) is 12.8 Å². The molecule has 0 aromatic heterocycles. The molecule has 6 heteroatoms. The molecule has 2 N–H and O–H groups in total. The summed E-state index contributed by atoms with van der Waals surface area (Å²) in [5, 5.41) is 0. The lowest BCUT2D eigenvalue weighted by molar-refractivity contribution is -0.141. The van der Waals surface area contributed by atoms with Gasteiger partial charge in [0.2, 0.25) is 5.91 Å². The minimum absolute atomic E-state index is 0.0279. The average molecular weight is 273 g/mol. The molecular formula is C12H23N3O2S. The summed E-state index contributed by atoms with van der Waals surface area (Å²) in [5.74, 6) is 0.0279. The molecule has 1 rings (SSSR count). The second-order valence-electron chi connectivity index (χ2n) is 5.09. The summed E-state index contributed by atoms with van der Waals surface area (Å²) in [6.45, 7) is 2.60. The van der Waals surface area contributed by atoms with Crippen molar-refractivity contribution in [1.29, 1.82) is 0 Å². The Kier molecular flexibility index (Phi) is 5.49. The van der Waals surface area contributed by atoms with Gasteiger partial charge in [-0.3, -0.25) is 4.79 Å². The number of ether oxygens (including phenoxy) is 1. The Hall–Kier alpha value is -0.720. The van der Waals surface area contributed by atoms with E-state index in [0.717, 1.165) is 6.54 Å². The average Bonchev–Trinajstić information content (AvgIpc) is 2.35. The molecule has 0 atom stereocenters. The molecule has 0 aromatic carbocycles. The van der Waals surface area contributed by atoms with Gasteiger partial charge in [-0.15, -0.1) is 0 Å². The van der Waals surface area contributed by atoms with Gasteiger partial charge in [-0.2, -0.15) is 0 Å². The first-order chi connectivity index (χ1) is 8.40. The molecule has 1 aliphatic rings. The number of rotatable bonds is 5. The van der Waals surface area contributed by atoms with Crippen LogP contribution in [0.25, 0.3) is 0 Å². The van der Waals surface area contributed by atoms with Gasteiger partial charge in [-0.1, -0.05) is 12.2 Å². The molecular weight excluding hydrogens is 250 g/mol. The highest BCUT2D eigenvalue weighted by atomic mass is 32.1. The number of thiocarbonyl (C=S) groups is 1. The number of carbonyl (C=O) groups excluding carboxylic acids is 1. The number of amides is 1. The second kappa shape index (κ2) is 6.45. The lowest BCUT2D eigenvalue weighted by Gasteiger charge is -2.37. The van der Waals surface area contributed by atoms with E-state index in [1.54, 1.807) is 11.9 Å². The lowest BCUT2D eigenvalue weighted by Crippen LogP contribution is -2.53. The van der Waals surface area contributed by atoms with Crippen molar-refractivity contribution in [3.8, 4) is 0 Å². The smallest absolute Gasteiger partial charge is 0.235 e. The molecule has 0 aliphatic carbocycles. The van der Waals surface area contributed by atoms with Gasteiger partial charge in [-0.05, 0) is 26.9 Å². The fourth-order valence-corrected chi connectivity index (χ4v) is 2.39. The van der Waals surface area contributed by atoms with Crippen molar-refractivity contribution in [1.82, 2.24) is 9.80 Å². The first-order valence-electron chi connectivity index (χ1n) is 6.18. The topological polar surface area (TPSA) is 58.8 Å². The van der Waals surface area contributed by atoms with E-state index in [9.17, 15) is 4.79 Å². The normalized spacial score (nSPS) is 18.7. The quantitative estimate of drug-likeness (QED) is 0.719. The van der Waals surface area contributed by atoms with E-state index in [0.29, 0.717) is 37.6 Å². The third-order valence-corrected chi connectivity index (χ3v) is 3.85. The number of nitrogens with two attached hydrogens (primary N) is 1. The van der Waals surface area contributed by atoms with Crippen molar-refractivity contribution in [3.63, 3.8) is 0 Å². The molecule has 1 fully saturated rings. The standard InChI is InChI=1S/C12H23N3O2S/c1-14(2)6-7-15(3)11(16)12(10(13)18)4-8-17-9-5-12/h4-9H2,1-3H3,(H2,13,18). The number of nitrogens with zero attached hydrogens (tertiary/aromatic N) is 2. The molecule has 1 saturated heterocycles. The Morgan fingerprint density at radius 1 is 1.28 bits per heavy atom. The zero-order valence-electron chi connectivity index (χ0n) is 11.4. The molecule has 0 unspecified atom stereocenters. The van der Waals surface area contributed by atoms with Crippen LogP contribution in [0.3, 0.4) is 0 Å². The van der Waals surface area contributed by atoms with Gasteiger partial charge in [-0.25, -0.2) is 0 Å². The summed E-state index contributed by atoms with van der Waals surface area (Å²) >= 11 is 5.12. The summed E-state index contributed by atoms with van der Waals surface area (Å²) < 4.78 is 5.31. The summed E-state index contributed by atoms with van der Waals surface area (Å²) in [4.78, 5) is 16.6. The molecule has 104 valence electrons. The van der Waals surface area contributed by atoms with Crippen molar-refractivity contribution < 1.29 is 9.53 Å². The maximum atomic E-state index is 12.6. The minimum atomic E-state index is -0.700. The molecule has 5 nitrogen and oxygen atoms in total. The third-order valence-electron chi connectivity index (χ3n) is 3.46. The summed E-state index contributed by atoms with van der Waals surface area (Å²) in [6.07, 6.45) is 1.18. The highest BCUT2D eigenvalue weighted by Gasteiger charge is 2.44. The highest BCUT2D eigenvalue weighted by molar-refractivity contribution is 7.80. The van der Waals surface area contributed by atoms with E-state index in [1.807, 2.05) is 19.0 Å². The van der Waals surface area contributed by atoms with Gasteiger partial charge in [0.1, 0.15) is 5.41 Å². The number of carbonyl (C=O) groups is 1. The zero-order valence-corrected chi connectivity index (χ0v) is 12.3. The molecule has 18 heavy (non-hydrogen) atoms. The third kappa shape index (κ3) is 3.40. The van der Waals surface area contributed by atoms with Gasteiger partial charge in [0, 0.05) is 33.4 Å². The molecule has 0 aromatic rings. The Morgan fingerprint density at radius 3 is 2.28 bits per heavy atom. The van der Waals surface area contributed by atoms with Crippen LogP contribution >= 0.6 is 12.2 Å². The SMILES string of the molecule is CN(C)CCN(C)C(=O)C1(C(N)=S)CCOCC1. The number of likely N-dealkylation sites (N-methyl/N-ethyl adjacent to an activating group) is 2. The van der Waals surface area contributed by atoms with Crippen LogP contribution in [0, 0.1) is 5.41 Å². The van der Waals surface area contributed by atoms with E-state index in [-0.39, 0.29) is 5.91 Å². The van der Waals surface area contributed by atoms with Crippen molar-refractivity contribution in [2.75, 3.05) is 47.4 Å². The molecule has 1 heterocycles. The van der Waals surface area contributed by atoms with Crippen LogP contribution in [0.5, 0.6) is 0 Å². The van der Waals surface area contributed by atoms with Crippen LogP contribution in [-0.2, 0) is 9.53 Å². The molecule has 0 spiro atoms. The monoisotopic (exact) mass is 273 g/mol. The largest absolute Gasteiger partial charge is 0.392 e. The van der Waals surface area contributed by atoms with Crippen LogP contribution in [0.1, 0.15) is 12.8 Å². The first kappa shape index (κ1) is 15.3. The fraction of sp³-hybridized carbons (Fsp3) is 0.833. The van der Waals surface area contributed by atoms with Crippen LogP contribution in [0.4, 0.5) is 0 Å². The molecule has 1 amide bonds. The maximum Gasteiger partial charge on any atom is 0.235 e. The van der Waals surface area contributed by atoms with Gasteiger partial charge in [0.05, 0.1) is 4.99 Å². The Bertz CT molecular complexity index is 314. The minimum Gasteiger partial charge on any atom is -0.392 e. The van der Waals surface area contributed by atoms with E-state index >= 15 is 0 Å². The van der Waals surface area contributed by atoms with Gasteiger partial charge in [0.25, 0.3) is 0 Å². The van der Waals surface area contributed by atoms with Crippen LogP contribution in [0.15, 0.2) is 0 Å². The predicted octanol–water partition coefficient (Wildman–Crippen LogP) is 0.0893. The van der Waals surface area contributed by atoms with Crippen molar-refractivity contribution in [2.24, 2.45) is 11.1 Å². The predicted molar refractivity (Wildman–Crippen MR) is 75.5 cm³/mol. The van der Waals surface area contributed by atoms with Crippen LogP contribution in [0.2, 0.25) is 0 Å².